The lowest BCUT2D eigenvalue weighted by molar-refractivity contribution is 0.102. The molecule has 23 heavy (non-hydrogen) atoms. The fourth-order valence-electron chi connectivity index (χ4n) is 2.04. The molecule has 3 aromatic rings. The largest absolute Gasteiger partial charge is 0.489 e. The van der Waals surface area contributed by atoms with E-state index in [-0.39, 0.29) is 11.9 Å². The third-order valence-corrected chi connectivity index (χ3v) is 3.31. The number of aromatic amines is 1. The van der Waals surface area contributed by atoms with Crippen molar-refractivity contribution in [3.8, 4) is 5.75 Å². The molecule has 118 valence electrons. The number of amides is 1. The van der Waals surface area contributed by atoms with Gasteiger partial charge in [0.15, 0.2) is 0 Å². The first kappa shape index (κ1) is 14.8. The van der Waals surface area contributed by atoms with Gasteiger partial charge in [0.2, 0.25) is 5.95 Å². The Balaban J connectivity index is 1.68. The second-order valence-corrected chi connectivity index (χ2v) is 4.91. The fourth-order valence-corrected chi connectivity index (χ4v) is 2.04. The van der Waals surface area contributed by atoms with Gasteiger partial charge in [-0.3, -0.25) is 10.1 Å². The number of H-pyrrole nitrogens is 1. The molecule has 0 aliphatic carbocycles. The number of benzene rings is 1. The van der Waals surface area contributed by atoms with Crippen LogP contribution in [0.5, 0.6) is 5.75 Å². The summed E-state index contributed by atoms with van der Waals surface area (Å²) in [5.41, 5.74) is 2.15. The molecule has 0 saturated carbocycles. The van der Waals surface area contributed by atoms with E-state index in [0.29, 0.717) is 17.9 Å². The van der Waals surface area contributed by atoms with Crippen molar-refractivity contribution in [1.82, 2.24) is 20.3 Å². The summed E-state index contributed by atoms with van der Waals surface area (Å²) in [6.45, 7) is 4.02. The van der Waals surface area contributed by atoms with E-state index in [0.717, 1.165) is 17.0 Å². The van der Waals surface area contributed by atoms with E-state index in [1.165, 1.54) is 6.33 Å². The highest BCUT2D eigenvalue weighted by molar-refractivity contribution is 6.03. The minimum Gasteiger partial charge on any atom is -0.489 e. The van der Waals surface area contributed by atoms with Crippen LogP contribution in [0.15, 0.2) is 35.1 Å². The Bertz CT molecular complexity index is 791. The van der Waals surface area contributed by atoms with Crippen LogP contribution in [0.4, 0.5) is 5.95 Å². The molecular formula is C15H15N5O3. The third-order valence-electron chi connectivity index (χ3n) is 3.31. The molecular weight excluding hydrogens is 298 g/mol. The number of anilines is 1. The molecule has 0 aliphatic heterocycles. The highest BCUT2D eigenvalue weighted by atomic mass is 16.5. The molecule has 8 heteroatoms. The van der Waals surface area contributed by atoms with Crippen LogP contribution in [0.3, 0.4) is 0 Å². The molecule has 0 saturated heterocycles. The number of ether oxygens (including phenoxy) is 1. The Labute approximate surface area is 131 Å². The normalized spacial score (nSPS) is 10.5. The van der Waals surface area contributed by atoms with Crippen molar-refractivity contribution in [2.24, 2.45) is 0 Å². The van der Waals surface area contributed by atoms with Crippen LogP contribution in [0.25, 0.3) is 0 Å². The number of carbonyl (C=O) groups excluding carboxylic acids is 1. The van der Waals surface area contributed by atoms with Crippen LogP contribution < -0.4 is 10.1 Å². The molecule has 0 fully saturated rings. The van der Waals surface area contributed by atoms with Crippen LogP contribution >= 0.6 is 0 Å². The first-order valence-electron chi connectivity index (χ1n) is 6.95. The Morgan fingerprint density at radius 3 is 2.96 bits per heavy atom. The molecule has 8 nitrogen and oxygen atoms in total. The average molecular weight is 313 g/mol. The van der Waals surface area contributed by atoms with E-state index >= 15 is 0 Å². The van der Waals surface area contributed by atoms with Gasteiger partial charge in [0, 0.05) is 5.56 Å². The van der Waals surface area contributed by atoms with Crippen molar-refractivity contribution in [2.75, 3.05) is 5.32 Å². The fraction of sp³-hybridized carbons (Fsp3) is 0.200. The minimum absolute atomic E-state index is 0.289. The summed E-state index contributed by atoms with van der Waals surface area (Å²) >= 11 is 0. The van der Waals surface area contributed by atoms with E-state index in [1.807, 2.05) is 13.8 Å². The summed E-state index contributed by atoms with van der Waals surface area (Å²) in [4.78, 5) is 16.0. The van der Waals surface area contributed by atoms with Crippen LogP contribution in [-0.2, 0) is 6.61 Å². The predicted molar refractivity (Wildman–Crippen MR) is 81.1 cm³/mol. The Morgan fingerprint density at radius 1 is 1.39 bits per heavy atom. The molecule has 0 atom stereocenters. The smallest absolute Gasteiger partial charge is 0.258 e. The van der Waals surface area contributed by atoms with Gasteiger partial charge in [0.1, 0.15) is 24.4 Å². The van der Waals surface area contributed by atoms with Crippen molar-refractivity contribution < 1.29 is 14.1 Å². The lowest BCUT2D eigenvalue weighted by Crippen LogP contribution is -2.13. The molecule has 0 bridgehead atoms. The monoisotopic (exact) mass is 313 g/mol. The van der Waals surface area contributed by atoms with Gasteiger partial charge in [-0.05, 0) is 32.0 Å². The number of hydrogen-bond acceptors (Lipinski definition) is 6. The maximum Gasteiger partial charge on any atom is 0.258 e. The molecule has 2 heterocycles. The maximum atomic E-state index is 12.1. The van der Waals surface area contributed by atoms with Gasteiger partial charge in [-0.15, -0.1) is 0 Å². The molecule has 2 N–H and O–H groups in total. The van der Waals surface area contributed by atoms with Crippen LogP contribution in [0, 0.1) is 13.8 Å². The van der Waals surface area contributed by atoms with Crippen molar-refractivity contribution in [3.05, 3.63) is 53.2 Å². The number of rotatable bonds is 5. The number of carbonyl (C=O) groups is 1. The van der Waals surface area contributed by atoms with Gasteiger partial charge >= 0.3 is 0 Å². The zero-order valence-corrected chi connectivity index (χ0v) is 12.7. The summed E-state index contributed by atoms with van der Waals surface area (Å²) in [6.07, 6.45) is 1.32. The van der Waals surface area contributed by atoms with Crippen LogP contribution in [-0.4, -0.2) is 26.2 Å². The maximum absolute atomic E-state index is 12.1. The topological polar surface area (TPSA) is 106 Å². The highest BCUT2D eigenvalue weighted by Gasteiger charge is 2.11. The van der Waals surface area contributed by atoms with Gasteiger partial charge in [0.25, 0.3) is 5.91 Å². The first-order valence-corrected chi connectivity index (χ1v) is 6.95. The lowest BCUT2D eigenvalue weighted by Gasteiger charge is -2.07. The zero-order valence-electron chi connectivity index (χ0n) is 12.7. The van der Waals surface area contributed by atoms with E-state index in [1.54, 1.807) is 24.3 Å². The zero-order chi connectivity index (χ0) is 16.2. The number of nitrogens with one attached hydrogen (secondary N) is 2. The summed E-state index contributed by atoms with van der Waals surface area (Å²) in [5, 5.41) is 12.7. The quantitative estimate of drug-likeness (QED) is 0.748. The van der Waals surface area contributed by atoms with Gasteiger partial charge in [-0.1, -0.05) is 11.2 Å². The van der Waals surface area contributed by atoms with E-state index in [2.05, 4.69) is 25.7 Å². The molecule has 0 unspecified atom stereocenters. The van der Waals surface area contributed by atoms with E-state index in [4.69, 9.17) is 9.26 Å². The van der Waals surface area contributed by atoms with Gasteiger partial charge in [-0.25, -0.2) is 5.10 Å². The van der Waals surface area contributed by atoms with E-state index < -0.39 is 0 Å². The molecule has 1 aromatic carbocycles. The van der Waals surface area contributed by atoms with Crippen LogP contribution in [0.1, 0.15) is 27.4 Å². The molecule has 0 spiro atoms. The minimum atomic E-state index is -0.301. The number of aryl methyl sites for hydroxylation is 2. The van der Waals surface area contributed by atoms with Crippen molar-refractivity contribution >= 4 is 11.9 Å². The Morgan fingerprint density at radius 2 is 2.26 bits per heavy atom. The molecule has 1 amide bonds. The summed E-state index contributed by atoms with van der Waals surface area (Å²) in [6, 6.07) is 6.87. The lowest BCUT2D eigenvalue weighted by atomic mass is 10.2. The van der Waals surface area contributed by atoms with Gasteiger partial charge in [0.05, 0.1) is 11.3 Å². The predicted octanol–water partition coefficient (Wildman–Crippen LogP) is 2.24. The molecule has 0 aliphatic rings. The van der Waals surface area contributed by atoms with Crippen molar-refractivity contribution in [3.63, 3.8) is 0 Å². The van der Waals surface area contributed by atoms with E-state index in [9.17, 15) is 4.79 Å². The second-order valence-electron chi connectivity index (χ2n) is 4.91. The SMILES string of the molecule is Cc1noc(C)c1COc1cccc(C(=O)Nc2ncn[nH]2)c1. The Kier molecular flexibility index (Phi) is 4.05. The summed E-state index contributed by atoms with van der Waals surface area (Å²) in [5.74, 6) is 1.29. The summed E-state index contributed by atoms with van der Waals surface area (Å²) < 4.78 is 10.8. The van der Waals surface area contributed by atoms with Gasteiger partial charge < -0.3 is 9.26 Å². The Hall–Kier alpha value is -3.16. The number of aromatic nitrogens is 4. The van der Waals surface area contributed by atoms with Crippen molar-refractivity contribution in [1.29, 1.82) is 0 Å². The molecule has 0 radical (unpaired) electrons. The second kappa shape index (κ2) is 6.30. The molecule has 2 aromatic heterocycles. The third kappa shape index (κ3) is 3.37. The van der Waals surface area contributed by atoms with Crippen LogP contribution in [0.2, 0.25) is 0 Å². The highest BCUT2D eigenvalue weighted by Crippen LogP contribution is 2.19. The average Bonchev–Trinajstić information content (AvgIpc) is 3.16. The van der Waals surface area contributed by atoms with Gasteiger partial charge in [-0.2, -0.15) is 10.1 Å². The summed E-state index contributed by atoms with van der Waals surface area (Å²) in [7, 11) is 0. The standard InChI is InChI=1S/C15H15N5O3/c1-9-13(10(2)23-20-9)7-22-12-5-3-4-11(6-12)14(21)18-15-16-8-17-19-15/h3-6,8H,7H2,1-2H3,(H2,16,17,18,19,21). The molecule has 3 rings (SSSR count). The number of nitrogens with zero attached hydrogens (tertiary/aromatic N) is 3. The van der Waals surface area contributed by atoms with Crippen molar-refractivity contribution in [2.45, 2.75) is 20.5 Å². The first-order chi connectivity index (χ1) is 11.1. The number of hydrogen-bond donors (Lipinski definition) is 2.